The number of rotatable bonds is 9. The van der Waals surface area contributed by atoms with E-state index >= 15 is 0 Å². The van der Waals surface area contributed by atoms with Gasteiger partial charge in [-0.1, -0.05) is 18.2 Å². The van der Waals surface area contributed by atoms with E-state index in [-0.39, 0.29) is 11.8 Å². The third-order valence-electron chi connectivity index (χ3n) is 3.60. The summed E-state index contributed by atoms with van der Waals surface area (Å²) in [6.07, 6.45) is 2.54. The van der Waals surface area contributed by atoms with E-state index in [2.05, 4.69) is 10.6 Å². The maximum absolute atomic E-state index is 12.6. The molecular weight excluding hydrogens is 356 g/mol. The van der Waals surface area contributed by atoms with Crippen molar-refractivity contribution in [3.63, 3.8) is 0 Å². The van der Waals surface area contributed by atoms with Gasteiger partial charge in [0.1, 0.15) is 11.8 Å². The van der Waals surface area contributed by atoms with Crippen molar-refractivity contribution in [3.05, 3.63) is 52.2 Å². The fourth-order valence-electron chi connectivity index (χ4n) is 2.28. The first-order valence-electron chi connectivity index (χ1n) is 7.88. The molecule has 1 heterocycles. The van der Waals surface area contributed by atoms with E-state index in [0.717, 1.165) is 10.6 Å². The molecule has 1 unspecified atom stereocenters. The molecule has 1 aromatic heterocycles. The monoisotopic (exact) mass is 378 g/mol. The average Bonchev–Trinajstić information content (AvgIpc) is 3.16. The maximum Gasteiger partial charge on any atom is 0.255 e. The Hall–Kier alpha value is -1.99. The number of carbonyl (C=O) groups excluding carboxylic acids is 2. The van der Waals surface area contributed by atoms with Gasteiger partial charge in [-0.25, -0.2) is 0 Å². The van der Waals surface area contributed by atoms with Crippen LogP contribution in [0, 0.1) is 0 Å². The minimum atomic E-state index is -0.579. The first-order chi connectivity index (χ1) is 12.2. The maximum atomic E-state index is 12.6. The lowest BCUT2D eigenvalue weighted by molar-refractivity contribution is -0.123. The topological polar surface area (TPSA) is 67.4 Å². The standard InChI is InChI=1S/C18H22N2O3S2/c1-23-16-8-4-3-7-14(16)17(21)20-15(9-11-24-2)18(22)19-12-13-6-5-10-25-13/h3-8,10,15H,9,11-12H2,1-2H3,(H,19,22)(H,20,21). The molecular formula is C18H22N2O3S2. The molecule has 5 nitrogen and oxygen atoms in total. The van der Waals surface area contributed by atoms with E-state index in [1.807, 2.05) is 23.8 Å². The summed E-state index contributed by atoms with van der Waals surface area (Å²) in [6, 6.07) is 10.3. The van der Waals surface area contributed by atoms with Crippen LogP contribution in [0.2, 0.25) is 0 Å². The Labute approximate surface area is 156 Å². The Kier molecular flexibility index (Phi) is 7.81. The Morgan fingerprint density at radius 3 is 2.72 bits per heavy atom. The SMILES string of the molecule is COc1ccccc1C(=O)NC(CCSC)C(=O)NCc1cccs1. The summed E-state index contributed by atoms with van der Waals surface area (Å²) in [5.41, 5.74) is 0.421. The highest BCUT2D eigenvalue weighted by atomic mass is 32.2. The van der Waals surface area contributed by atoms with Crippen molar-refractivity contribution in [2.45, 2.75) is 19.0 Å². The van der Waals surface area contributed by atoms with Crippen molar-refractivity contribution in [1.29, 1.82) is 0 Å². The van der Waals surface area contributed by atoms with Gasteiger partial charge in [0, 0.05) is 4.88 Å². The highest BCUT2D eigenvalue weighted by Gasteiger charge is 2.22. The third kappa shape index (κ3) is 5.79. The molecule has 0 saturated carbocycles. The lowest BCUT2D eigenvalue weighted by Crippen LogP contribution is -2.46. The van der Waals surface area contributed by atoms with Crippen molar-refractivity contribution in [3.8, 4) is 5.75 Å². The number of para-hydroxylation sites is 1. The number of amides is 2. The van der Waals surface area contributed by atoms with Gasteiger partial charge in [0.15, 0.2) is 0 Å². The quantitative estimate of drug-likeness (QED) is 0.704. The van der Waals surface area contributed by atoms with E-state index in [1.165, 1.54) is 7.11 Å². The first kappa shape index (κ1) is 19.3. The van der Waals surface area contributed by atoms with Gasteiger partial charge in [-0.2, -0.15) is 11.8 Å². The summed E-state index contributed by atoms with van der Waals surface area (Å²) in [5.74, 6) is 0.784. The second-order valence-electron chi connectivity index (χ2n) is 5.30. The summed E-state index contributed by atoms with van der Waals surface area (Å²) >= 11 is 3.23. The molecule has 7 heteroatoms. The number of benzene rings is 1. The predicted molar refractivity (Wildman–Crippen MR) is 103 cm³/mol. The normalized spacial score (nSPS) is 11.6. The highest BCUT2D eigenvalue weighted by Crippen LogP contribution is 2.17. The van der Waals surface area contributed by atoms with Gasteiger partial charge in [0.25, 0.3) is 5.91 Å². The fourth-order valence-corrected chi connectivity index (χ4v) is 3.40. The molecule has 0 aliphatic carbocycles. The lowest BCUT2D eigenvalue weighted by atomic mass is 10.1. The number of thiophene rings is 1. The molecule has 0 aliphatic heterocycles. The van der Waals surface area contributed by atoms with E-state index in [9.17, 15) is 9.59 Å². The number of methoxy groups -OCH3 is 1. The number of carbonyl (C=O) groups is 2. The van der Waals surface area contributed by atoms with Crippen molar-refractivity contribution in [1.82, 2.24) is 10.6 Å². The number of hydrogen-bond acceptors (Lipinski definition) is 5. The number of ether oxygens (including phenoxy) is 1. The molecule has 0 radical (unpaired) electrons. The summed E-state index contributed by atoms with van der Waals surface area (Å²) in [6.45, 7) is 0.469. The molecule has 0 aliphatic rings. The van der Waals surface area contributed by atoms with Gasteiger partial charge in [0.05, 0.1) is 19.2 Å². The van der Waals surface area contributed by atoms with Gasteiger partial charge in [-0.3, -0.25) is 9.59 Å². The molecule has 1 aromatic carbocycles. The minimum absolute atomic E-state index is 0.175. The molecule has 134 valence electrons. The third-order valence-corrected chi connectivity index (χ3v) is 5.12. The van der Waals surface area contributed by atoms with Gasteiger partial charge in [-0.05, 0) is 42.0 Å². The molecule has 0 saturated heterocycles. The zero-order valence-corrected chi connectivity index (χ0v) is 15.9. The molecule has 2 amide bonds. The summed E-state index contributed by atoms with van der Waals surface area (Å²) in [7, 11) is 1.52. The minimum Gasteiger partial charge on any atom is -0.496 e. The molecule has 25 heavy (non-hydrogen) atoms. The average molecular weight is 379 g/mol. The van der Waals surface area contributed by atoms with Crippen molar-refractivity contribution < 1.29 is 14.3 Å². The van der Waals surface area contributed by atoms with Crippen LogP contribution in [0.5, 0.6) is 5.75 Å². The van der Waals surface area contributed by atoms with Crippen molar-refractivity contribution >= 4 is 34.9 Å². The van der Waals surface area contributed by atoms with E-state index in [1.54, 1.807) is 47.4 Å². The molecule has 2 aromatic rings. The van der Waals surface area contributed by atoms with E-state index < -0.39 is 6.04 Å². The van der Waals surface area contributed by atoms with Crippen LogP contribution in [0.1, 0.15) is 21.7 Å². The predicted octanol–water partition coefficient (Wildman–Crippen LogP) is 2.92. The Balaban J connectivity index is 2.02. The van der Waals surface area contributed by atoms with E-state index in [0.29, 0.717) is 24.3 Å². The highest BCUT2D eigenvalue weighted by molar-refractivity contribution is 7.98. The van der Waals surface area contributed by atoms with Crippen LogP contribution < -0.4 is 15.4 Å². The van der Waals surface area contributed by atoms with Crippen molar-refractivity contribution in [2.24, 2.45) is 0 Å². The zero-order chi connectivity index (χ0) is 18.1. The fraction of sp³-hybridized carbons (Fsp3) is 0.333. The summed E-state index contributed by atoms with van der Waals surface area (Å²) in [4.78, 5) is 26.1. The summed E-state index contributed by atoms with van der Waals surface area (Å²) in [5, 5.41) is 7.70. The van der Waals surface area contributed by atoms with Gasteiger partial charge in [-0.15, -0.1) is 11.3 Å². The molecule has 1 atom stereocenters. The number of hydrogen-bond donors (Lipinski definition) is 2. The van der Waals surface area contributed by atoms with Crippen LogP contribution in [0.15, 0.2) is 41.8 Å². The Morgan fingerprint density at radius 2 is 2.04 bits per heavy atom. The number of thioether (sulfide) groups is 1. The molecule has 0 fully saturated rings. The number of nitrogens with one attached hydrogen (secondary N) is 2. The van der Waals surface area contributed by atoms with Gasteiger partial charge >= 0.3 is 0 Å². The van der Waals surface area contributed by atoms with Crippen LogP contribution in [-0.4, -0.2) is 37.0 Å². The van der Waals surface area contributed by atoms with Crippen LogP contribution in [0.4, 0.5) is 0 Å². The molecule has 2 N–H and O–H groups in total. The first-order valence-corrected chi connectivity index (χ1v) is 10.2. The van der Waals surface area contributed by atoms with E-state index in [4.69, 9.17) is 4.74 Å². The summed E-state index contributed by atoms with van der Waals surface area (Å²) < 4.78 is 5.22. The zero-order valence-electron chi connectivity index (χ0n) is 14.3. The molecule has 0 spiro atoms. The van der Waals surface area contributed by atoms with Crippen molar-refractivity contribution in [2.75, 3.05) is 19.1 Å². The van der Waals surface area contributed by atoms with Crippen LogP contribution in [-0.2, 0) is 11.3 Å². The second-order valence-corrected chi connectivity index (χ2v) is 7.32. The Bertz CT molecular complexity index is 689. The van der Waals surface area contributed by atoms with Crippen LogP contribution >= 0.6 is 23.1 Å². The van der Waals surface area contributed by atoms with Crippen LogP contribution in [0.25, 0.3) is 0 Å². The smallest absolute Gasteiger partial charge is 0.255 e. The Morgan fingerprint density at radius 1 is 1.24 bits per heavy atom. The van der Waals surface area contributed by atoms with Gasteiger partial charge < -0.3 is 15.4 Å². The van der Waals surface area contributed by atoms with Gasteiger partial charge in [0.2, 0.25) is 5.91 Å². The second kappa shape index (κ2) is 10.1. The van der Waals surface area contributed by atoms with Crippen LogP contribution in [0.3, 0.4) is 0 Å². The largest absolute Gasteiger partial charge is 0.496 e. The molecule has 0 bridgehead atoms. The lowest BCUT2D eigenvalue weighted by Gasteiger charge is -2.18. The molecule has 2 rings (SSSR count).